The second-order valence-corrected chi connectivity index (χ2v) is 11.2. The Hall–Kier alpha value is -3.65. The molecule has 0 saturated carbocycles. The summed E-state index contributed by atoms with van der Waals surface area (Å²) in [6.45, 7) is 4.18. The predicted octanol–water partition coefficient (Wildman–Crippen LogP) is 8.67. The highest BCUT2D eigenvalue weighted by Crippen LogP contribution is 2.32. The molecule has 0 aliphatic heterocycles. The summed E-state index contributed by atoms with van der Waals surface area (Å²) in [4.78, 5) is 9.58. The lowest BCUT2D eigenvalue weighted by Crippen LogP contribution is -2.18. The van der Waals surface area contributed by atoms with Crippen LogP contribution in [0.5, 0.6) is 0 Å². The smallest absolute Gasteiger partial charge is 0.175 e. The van der Waals surface area contributed by atoms with Gasteiger partial charge in [-0.3, -0.25) is 0 Å². The Balaban J connectivity index is 1.11. The van der Waals surface area contributed by atoms with Crippen LogP contribution in [0.2, 0.25) is 0 Å². The van der Waals surface area contributed by atoms with Crippen molar-refractivity contribution in [2.45, 2.75) is 13.8 Å². The van der Waals surface area contributed by atoms with Crippen molar-refractivity contribution < 1.29 is 0 Å². The summed E-state index contributed by atoms with van der Waals surface area (Å²) in [7, 11) is 0. The van der Waals surface area contributed by atoms with E-state index in [0.29, 0.717) is 5.11 Å². The van der Waals surface area contributed by atoms with Crippen LogP contribution in [0.15, 0.2) is 84.9 Å². The van der Waals surface area contributed by atoms with Gasteiger partial charge in [0.25, 0.3) is 0 Å². The fourth-order valence-corrected chi connectivity index (χ4v) is 6.15. The van der Waals surface area contributed by atoms with E-state index in [2.05, 4.69) is 85.1 Å². The van der Waals surface area contributed by atoms with Crippen LogP contribution < -0.4 is 10.6 Å². The van der Waals surface area contributed by atoms with Crippen molar-refractivity contribution in [1.82, 2.24) is 9.97 Å². The van der Waals surface area contributed by atoms with Gasteiger partial charge in [0.15, 0.2) is 5.11 Å². The molecule has 7 heteroatoms. The number of nitrogens with one attached hydrogen (secondary N) is 2. The van der Waals surface area contributed by atoms with Gasteiger partial charge in [-0.25, -0.2) is 9.97 Å². The maximum absolute atomic E-state index is 5.54. The molecular formula is C29H22N4S3. The monoisotopic (exact) mass is 522 g/mol. The summed E-state index contributed by atoms with van der Waals surface area (Å²) in [6, 6.07) is 29.2. The summed E-state index contributed by atoms with van der Waals surface area (Å²) in [5.74, 6) is 0. The number of fused-ring (bicyclic) bond motifs is 2. The maximum atomic E-state index is 5.54. The normalized spacial score (nSPS) is 11.2. The molecule has 176 valence electrons. The van der Waals surface area contributed by atoms with Gasteiger partial charge in [0, 0.05) is 22.5 Å². The Morgan fingerprint density at radius 3 is 1.44 bits per heavy atom. The number of rotatable bonds is 4. The van der Waals surface area contributed by atoms with Crippen molar-refractivity contribution in [3.8, 4) is 21.1 Å². The molecule has 0 bridgehead atoms. The van der Waals surface area contributed by atoms with Crippen LogP contribution in [-0.4, -0.2) is 15.1 Å². The number of thiazole rings is 2. The molecule has 0 unspecified atom stereocenters. The molecule has 0 radical (unpaired) electrons. The number of hydrogen-bond donors (Lipinski definition) is 2. The molecule has 4 nitrogen and oxygen atoms in total. The number of aryl methyl sites for hydroxylation is 2. The minimum atomic E-state index is 0.543. The first kappa shape index (κ1) is 22.8. The van der Waals surface area contributed by atoms with Gasteiger partial charge < -0.3 is 10.6 Å². The van der Waals surface area contributed by atoms with E-state index >= 15 is 0 Å². The third kappa shape index (κ3) is 4.73. The lowest BCUT2D eigenvalue weighted by atomic mass is 10.2. The zero-order valence-electron chi connectivity index (χ0n) is 19.7. The average molecular weight is 523 g/mol. The predicted molar refractivity (Wildman–Crippen MR) is 159 cm³/mol. The minimum Gasteiger partial charge on any atom is -0.332 e. The first-order valence-corrected chi connectivity index (χ1v) is 13.6. The molecule has 2 aromatic heterocycles. The molecule has 2 heterocycles. The summed E-state index contributed by atoms with van der Waals surface area (Å²) < 4.78 is 2.40. The second-order valence-electron chi connectivity index (χ2n) is 8.71. The van der Waals surface area contributed by atoms with Crippen LogP contribution in [0.3, 0.4) is 0 Å². The fourth-order valence-electron chi connectivity index (χ4n) is 4.01. The molecule has 36 heavy (non-hydrogen) atoms. The average Bonchev–Trinajstić information content (AvgIpc) is 3.48. The van der Waals surface area contributed by atoms with Gasteiger partial charge in [0.2, 0.25) is 0 Å². The SMILES string of the molecule is Cc1ccc2sc(-c3ccc(NC(=S)Nc4ccc(-c5nc6cc(C)ccc6s5)cc4)cc3)nc2c1. The summed E-state index contributed by atoms with van der Waals surface area (Å²) in [5.41, 5.74) is 8.59. The number of hydrogen-bond acceptors (Lipinski definition) is 5. The van der Waals surface area contributed by atoms with Crippen LogP contribution in [0.1, 0.15) is 11.1 Å². The van der Waals surface area contributed by atoms with Gasteiger partial charge in [-0.2, -0.15) is 0 Å². The zero-order valence-corrected chi connectivity index (χ0v) is 22.2. The summed E-state index contributed by atoms with van der Waals surface area (Å²) >= 11 is 8.96. The molecule has 6 rings (SSSR count). The molecule has 2 N–H and O–H groups in total. The van der Waals surface area contributed by atoms with E-state index in [1.807, 2.05) is 24.3 Å². The van der Waals surface area contributed by atoms with Crippen LogP contribution >= 0.6 is 34.9 Å². The van der Waals surface area contributed by atoms with Crippen molar-refractivity contribution in [1.29, 1.82) is 0 Å². The van der Waals surface area contributed by atoms with E-state index in [9.17, 15) is 0 Å². The van der Waals surface area contributed by atoms with Crippen molar-refractivity contribution in [2.75, 3.05) is 10.6 Å². The Labute approximate surface area is 222 Å². The van der Waals surface area contributed by atoms with Crippen molar-refractivity contribution in [3.05, 3.63) is 96.1 Å². The van der Waals surface area contributed by atoms with Crippen LogP contribution in [0.25, 0.3) is 41.6 Å². The standard InChI is InChI=1S/C29H22N4S3/c1-17-3-13-25-23(15-17)32-27(35-25)19-5-9-21(10-6-19)30-29(34)31-22-11-7-20(8-12-22)28-33-24-16-18(2)4-14-26(24)36-28/h3-16H,1-2H3,(H2,30,31,34). The van der Waals surface area contributed by atoms with E-state index in [0.717, 1.165) is 43.6 Å². The third-order valence-electron chi connectivity index (χ3n) is 5.87. The molecule has 0 saturated heterocycles. The molecule has 0 aliphatic carbocycles. The zero-order chi connectivity index (χ0) is 24.6. The van der Waals surface area contributed by atoms with E-state index in [1.165, 1.54) is 20.5 Å². The molecular weight excluding hydrogens is 501 g/mol. The van der Waals surface area contributed by atoms with E-state index in [-0.39, 0.29) is 0 Å². The first-order chi connectivity index (χ1) is 17.5. The van der Waals surface area contributed by atoms with Gasteiger partial charge in [0.05, 0.1) is 20.4 Å². The van der Waals surface area contributed by atoms with E-state index < -0.39 is 0 Å². The molecule has 0 atom stereocenters. The number of benzene rings is 4. The Morgan fingerprint density at radius 1 is 0.611 bits per heavy atom. The van der Waals surface area contributed by atoms with E-state index in [4.69, 9.17) is 22.2 Å². The first-order valence-electron chi connectivity index (χ1n) is 11.5. The molecule has 0 fully saturated rings. The largest absolute Gasteiger partial charge is 0.332 e. The number of nitrogens with zero attached hydrogens (tertiary/aromatic N) is 2. The van der Waals surface area contributed by atoms with Gasteiger partial charge in [-0.05, 0) is 110 Å². The molecule has 4 aromatic carbocycles. The topological polar surface area (TPSA) is 49.8 Å². The van der Waals surface area contributed by atoms with Crippen LogP contribution in [0.4, 0.5) is 11.4 Å². The number of aromatic nitrogens is 2. The van der Waals surface area contributed by atoms with Crippen LogP contribution in [-0.2, 0) is 0 Å². The Morgan fingerprint density at radius 2 is 1.03 bits per heavy atom. The molecule has 0 amide bonds. The van der Waals surface area contributed by atoms with Gasteiger partial charge >= 0.3 is 0 Å². The lowest BCUT2D eigenvalue weighted by Gasteiger charge is -2.11. The van der Waals surface area contributed by atoms with Gasteiger partial charge in [-0.1, -0.05) is 12.1 Å². The van der Waals surface area contributed by atoms with Crippen molar-refractivity contribution in [2.24, 2.45) is 0 Å². The quantitative estimate of drug-likeness (QED) is 0.227. The van der Waals surface area contributed by atoms with Gasteiger partial charge in [-0.15, -0.1) is 22.7 Å². The number of thiocarbonyl (C=S) groups is 1. The maximum Gasteiger partial charge on any atom is 0.175 e. The third-order valence-corrected chi connectivity index (χ3v) is 8.24. The minimum absolute atomic E-state index is 0.543. The highest BCUT2D eigenvalue weighted by atomic mass is 32.1. The second kappa shape index (κ2) is 9.43. The number of anilines is 2. The summed E-state index contributed by atoms with van der Waals surface area (Å²) in [5, 5.41) is 9.11. The molecule has 6 aromatic rings. The van der Waals surface area contributed by atoms with Gasteiger partial charge in [0.1, 0.15) is 10.0 Å². The molecule has 0 spiro atoms. The fraction of sp³-hybridized carbons (Fsp3) is 0.0690. The Bertz CT molecular complexity index is 1590. The van der Waals surface area contributed by atoms with Crippen molar-refractivity contribution in [3.63, 3.8) is 0 Å². The molecule has 0 aliphatic rings. The Kier molecular flexibility index (Phi) is 5.97. The van der Waals surface area contributed by atoms with Crippen LogP contribution in [0, 0.1) is 13.8 Å². The summed E-state index contributed by atoms with van der Waals surface area (Å²) in [6.07, 6.45) is 0. The van der Waals surface area contributed by atoms with Crippen molar-refractivity contribution >= 4 is 71.8 Å². The highest BCUT2D eigenvalue weighted by Gasteiger charge is 2.09. The van der Waals surface area contributed by atoms with E-state index in [1.54, 1.807) is 22.7 Å². The highest BCUT2D eigenvalue weighted by molar-refractivity contribution is 7.80. The lowest BCUT2D eigenvalue weighted by molar-refractivity contribution is 1.44.